The molecule has 0 heterocycles. The van der Waals surface area contributed by atoms with Crippen LogP contribution in [0.3, 0.4) is 0 Å². The summed E-state index contributed by atoms with van der Waals surface area (Å²) in [6.07, 6.45) is 11.3. The van der Waals surface area contributed by atoms with E-state index >= 15 is 0 Å². The Morgan fingerprint density at radius 3 is 2.08 bits per heavy atom. The van der Waals surface area contributed by atoms with Gasteiger partial charge in [-0.2, -0.15) is 8.42 Å². The number of benzene rings is 1. The van der Waals surface area contributed by atoms with E-state index in [2.05, 4.69) is 20.8 Å². The highest BCUT2D eigenvalue weighted by Gasteiger charge is 2.16. The van der Waals surface area contributed by atoms with Crippen molar-refractivity contribution in [2.45, 2.75) is 96.3 Å². The minimum Gasteiger partial charge on any atom is -0.282 e. The summed E-state index contributed by atoms with van der Waals surface area (Å²) in [4.78, 5) is 0.0208. The molecule has 0 aliphatic rings. The third-order valence-corrected chi connectivity index (χ3v) is 6.40. The van der Waals surface area contributed by atoms with Gasteiger partial charge in [0, 0.05) is 0 Å². The smallest absolute Gasteiger partial charge is 0.282 e. The summed E-state index contributed by atoms with van der Waals surface area (Å²) in [5.41, 5.74) is 1.81. The number of unbranched alkanes of at least 4 members (excludes halogenated alkanes) is 4. The Kier molecular flexibility index (Phi) is 9.73. The Hall–Kier alpha value is -0.870. The van der Waals surface area contributed by atoms with Gasteiger partial charge in [-0.05, 0) is 48.8 Å². The van der Waals surface area contributed by atoms with E-state index in [0.717, 1.165) is 18.8 Å². The van der Waals surface area contributed by atoms with Gasteiger partial charge >= 0.3 is 0 Å². The zero-order valence-electron chi connectivity index (χ0n) is 16.4. The van der Waals surface area contributed by atoms with Gasteiger partial charge in [0.15, 0.2) is 0 Å². The lowest BCUT2D eigenvalue weighted by Crippen LogP contribution is -2.04. The summed E-state index contributed by atoms with van der Waals surface area (Å²) in [5.74, 6) is 1.33. The van der Waals surface area contributed by atoms with Crippen molar-refractivity contribution in [1.29, 1.82) is 0 Å². The van der Waals surface area contributed by atoms with Gasteiger partial charge in [0.1, 0.15) is 0 Å². The van der Waals surface area contributed by atoms with E-state index in [0.29, 0.717) is 11.5 Å². The van der Waals surface area contributed by atoms with Crippen LogP contribution in [0.25, 0.3) is 0 Å². The van der Waals surface area contributed by atoms with Crippen molar-refractivity contribution in [1.82, 2.24) is 0 Å². The molecule has 144 valence electrons. The van der Waals surface area contributed by atoms with Gasteiger partial charge in [0.25, 0.3) is 10.1 Å². The fourth-order valence-corrected chi connectivity index (χ4v) is 4.15. The highest BCUT2D eigenvalue weighted by atomic mass is 32.2. The van der Waals surface area contributed by atoms with Gasteiger partial charge in [-0.25, -0.2) is 0 Å². The molecule has 0 aliphatic carbocycles. The van der Waals surface area contributed by atoms with Crippen molar-refractivity contribution in [3.63, 3.8) is 0 Å². The third kappa shape index (κ3) is 7.91. The Morgan fingerprint density at radius 1 is 0.960 bits per heavy atom. The van der Waals surface area contributed by atoms with Crippen LogP contribution in [-0.2, 0) is 10.1 Å². The van der Waals surface area contributed by atoms with E-state index in [-0.39, 0.29) is 4.90 Å². The fourth-order valence-electron chi connectivity index (χ4n) is 3.44. The van der Waals surface area contributed by atoms with Gasteiger partial charge in [0.2, 0.25) is 0 Å². The average Bonchev–Trinajstić information content (AvgIpc) is 2.55. The van der Waals surface area contributed by atoms with Crippen LogP contribution in [0.15, 0.2) is 23.1 Å². The van der Waals surface area contributed by atoms with Gasteiger partial charge in [-0.15, -0.1) is 0 Å². The van der Waals surface area contributed by atoms with E-state index < -0.39 is 10.1 Å². The minimum absolute atomic E-state index is 0.0208. The van der Waals surface area contributed by atoms with Gasteiger partial charge in [-0.1, -0.05) is 77.8 Å². The maximum atomic E-state index is 11.3. The zero-order chi connectivity index (χ0) is 18.9. The predicted molar refractivity (Wildman–Crippen MR) is 106 cm³/mol. The molecule has 0 saturated carbocycles. The van der Waals surface area contributed by atoms with Crippen LogP contribution in [-0.4, -0.2) is 13.0 Å². The summed E-state index contributed by atoms with van der Waals surface area (Å²) in [6.45, 7) is 8.53. The van der Waals surface area contributed by atoms with Crippen LogP contribution in [0.2, 0.25) is 0 Å². The van der Waals surface area contributed by atoms with Gasteiger partial charge in [-0.3, -0.25) is 4.55 Å². The highest BCUT2D eigenvalue weighted by molar-refractivity contribution is 7.85. The van der Waals surface area contributed by atoms with E-state index in [1.54, 1.807) is 6.92 Å². The molecule has 0 spiro atoms. The zero-order valence-corrected chi connectivity index (χ0v) is 17.2. The summed E-state index contributed by atoms with van der Waals surface area (Å²) < 4.78 is 31.9. The Labute approximate surface area is 155 Å². The highest BCUT2D eigenvalue weighted by Crippen LogP contribution is 2.29. The third-order valence-electron chi connectivity index (χ3n) is 5.39. The first-order valence-electron chi connectivity index (χ1n) is 9.87. The van der Waals surface area contributed by atoms with Gasteiger partial charge in [0.05, 0.1) is 4.90 Å². The lowest BCUT2D eigenvalue weighted by atomic mass is 9.90. The summed E-state index contributed by atoms with van der Waals surface area (Å²) in [7, 11) is -4.12. The fraction of sp³-hybridized carbons (Fsp3) is 0.714. The minimum atomic E-state index is -4.12. The van der Waals surface area contributed by atoms with Crippen LogP contribution in [0, 0.1) is 12.8 Å². The van der Waals surface area contributed by atoms with E-state index in [9.17, 15) is 13.0 Å². The second-order valence-corrected chi connectivity index (χ2v) is 8.85. The molecule has 3 nitrogen and oxygen atoms in total. The first kappa shape index (κ1) is 22.2. The van der Waals surface area contributed by atoms with Crippen LogP contribution >= 0.6 is 0 Å². The van der Waals surface area contributed by atoms with Crippen LogP contribution < -0.4 is 0 Å². The topological polar surface area (TPSA) is 54.4 Å². The average molecular weight is 369 g/mol. The molecule has 0 saturated heterocycles. The summed E-state index contributed by atoms with van der Waals surface area (Å²) in [6, 6.07) is 5.32. The number of aryl methyl sites for hydroxylation is 1. The molecule has 1 N–H and O–H groups in total. The molecule has 2 atom stereocenters. The quantitative estimate of drug-likeness (QED) is 0.338. The Balaban J connectivity index is 2.43. The first-order chi connectivity index (χ1) is 11.8. The maximum Gasteiger partial charge on any atom is 0.294 e. The SMILES string of the molecule is CCC(C)CCCCCCCC(CC)c1ccc(S(=O)(=O)O)c(C)c1. The van der Waals surface area contributed by atoms with Crippen LogP contribution in [0.1, 0.15) is 95.6 Å². The van der Waals surface area contributed by atoms with Crippen molar-refractivity contribution in [3.8, 4) is 0 Å². The lowest BCUT2D eigenvalue weighted by Gasteiger charge is -2.17. The van der Waals surface area contributed by atoms with Crippen molar-refractivity contribution in [2.75, 3.05) is 0 Å². The molecule has 0 fully saturated rings. The second kappa shape index (κ2) is 11.0. The number of hydrogen-bond acceptors (Lipinski definition) is 2. The van der Waals surface area contributed by atoms with E-state index in [1.807, 2.05) is 12.1 Å². The molecule has 1 rings (SSSR count). The first-order valence-corrected chi connectivity index (χ1v) is 11.3. The molecular formula is C21H36O3S. The Morgan fingerprint density at radius 2 is 1.56 bits per heavy atom. The van der Waals surface area contributed by atoms with E-state index in [1.165, 1.54) is 56.6 Å². The van der Waals surface area contributed by atoms with Crippen molar-refractivity contribution in [2.24, 2.45) is 5.92 Å². The molecule has 1 aromatic carbocycles. The summed E-state index contributed by atoms with van der Waals surface area (Å²) >= 11 is 0. The largest absolute Gasteiger partial charge is 0.294 e. The lowest BCUT2D eigenvalue weighted by molar-refractivity contribution is 0.466. The molecule has 0 amide bonds. The van der Waals surface area contributed by atoms with Crippen molar-refractivity contribution < 1.29 is 13.0 Å². The number of rotatable bonds is 12. The predicted octanol–water partition coefficient (Wildman–Crippen LogP) is 6.51. The standard InChI is InChI=1S/C21H36O3S/c1-5-17(3)12-10-8-7-9-11-13-19(6-2)20-14-15-21(18(4)16-20)25(22,23)24/h14-17,19H,5-13H2,1-4H3,(H,22,23,24). The van der Waals surface area contributed by atoms with E-state index in [4.69, 9.17) is 0 Å². The van der Waals surface area contributed by atoms with Crippen molar-refractivity contribution >= 4 is 10.1 Å². The summed E-state index contributed by atoms with van der Waals surface area (Å²) in [5, 5.41) is 0. The second-order valence-electron chi connectivity index (χ2n) is 7.46. The Bertz CT molecular complexity index is 608. The number of hydrogen-bond donors (Lipinski definition) is 1. The van der Waals surface area contributed by atoms with Crippen LogP contribution in [0.5, 0.6) is 0 Å². The van der Waals surface area contributed by atoms with Gasteiger partial charge < -0.3 is 0 Å². The molecule has 25 heavy (non-hydrogen) atoms. The molecule has 0 bridgehead atoms. The molecular weight excluding hydrogens is 332 g/mol. The monoisotopic (exact) mass is 368 g/mol. The van der Waals surface area contributed by atoms with Crippen molar-refractivity contribution in [3.05, 3.63) is 29.3 Å². The molecule has 4 heteroatoms. The molecule has 2 unspecified atom stereocenters. The molecule has 0 aliphatic heterocycles. The normalized spacial score (nSPS) is 14.4. The molecule has 1 aromatic rings. The molecule has 0 aromatic heterocycles. The van der Waals surface area contributed by atoms with Crippen LogP contribution in [0.4, 0.5) is 0 Å². The maximum absolute atomic E-state index is 11.3. The molecule has 0 radical (unpaired) electrons.